The quantitative estimate of drug-likeness (QED) is 0.762. The molecule has 3 rings (SSSR count). The maximum Gasteiger partial charge on any atom is 0.320 e. The zero-order chi connectivity index (χ0) is 18.5. The van der Waals surface area contributed by atoms with E-state index in [1.807, 2.05) is 16.8 Å². The van der Waals surface area contributed by atoms with Crippen LogP contribution in [0.4, 0.5) is 9.18 Å². The highest BCUT2D eigenvalue weighted by molar-refractivity contribution is 5.80. The van der Waals surface area contributed by atoms with Crippen LogP contribution in [0.2, 0.25) is 0 Å². The number of ether oxygens (including phenoxy) is 1. The topological polar surface area (TPSA) is 56.6 Å². The second-order valence-electron chi connectivity index (χ2n) is 6.82. The molecule has 2 heterocycles. The van der Waals surface area contributed by atoms with Gasteiger partial charge in [-0.25, -0.2) is 9.18 Å². The molecule has 1 aromatic carbocycles. The number of piperidine rings is 1. The third kappa shape index (κ3) is 4.05. The van der Waals surface area contributed by atoms with Crippen LogP contribution in [0.15, 0.2) is 29.8 Å². The summed E-state index contributed by atoms with van der Waals surface area (Å²) in [6.07, 6.45) is 3.11. The minimum Gasteiger partial charge on any atom is -0.381 e. The molecule has 2 aliphatic rings. The van der Waals surface area contributed by atoms with Crippen LogP contribution in [0, 0.1) is 17.1 Å². The number of allylic oxidation sites excluding steroid dienone is 1. The fraction of sp³-hybridized carbons (Fsp3) is 0.500. The van der Waals surface area contributed by atoms with Crippen LogP contribution >= 0.6 is 0 Å². The van der Waals surface area contributed by atoms with Crippen molar-refractivity contribution in [2.24, 2.45) is 0 Å². The van der Waals surface area contributed by atoms with Crippen LogP contribution in [-0.2, 0) is 4.74 Å². The molecule has 0 N–H and O–H groups in total. The number of nitrogens with zero attached hydrogens (tertiary/aromatic N) is 3. The van der Waals surface area contributed by atoms with Gasteiger partial charge in [-0.1, -0.05) is 12.1 Å². The van der Waals surface area contributed by atoms with Crippen molar-refractivity contribution in [3.8, 4) is 6.07 Å². The van der Waals surface area contributed by atoms with E-state index in [2.05, 4.69) is 6.07 Å². The lowest BCUT2D eigenvalue weighted by molar-refractivity contribution is 0.0460. The Hall–Kier alpha value is -2.39. The molecule has 0 unspecified atom stereocenters. The molecule has 2 amide bonds. The molecule has 2 fully saturated rings. The van der Waals surface area contributed by atoms with Crippen LogP contribution in [0.3, 0.4) is 0 Å². The molecule has 0 bridgehead atoms. The number of halogens is 1. The zero-order valence-electron chi connectivity index (χ0n) is 15.1. The van der Waals surface area contributed by atoms with Gasteiger partial charge >= 0.3 is 6.03 Å². The predicted molar refractivity (Wildman–Crippen MR) is 96.7 cm³/mol. The van der Waals surface area contributed by atoms with Gasteiger partial charge in [-0.2, -0.15) is 5.26 Å². The second-order valence-corrected chi connectivity index (χ2v) is 6.82. The van der Waals surface area contributed by atoms with E-state index < -0.39 is 0 Å². The van der Waals surface area contributed by atoms with Gasteiger partial charge in [0.1, 0.15) is 5.82 Å². The molecule has 26 heavy (non-hydrogen) atoms. The first-order chi connectivity index (χ1) is 12.6. The third-order valence-electron chi connectivity index (χ3n) is 5.28. The van der Waals surface area contributed by atoms with Gasteiger partial charge < -0.3 is 14.5 Å². The van der Waals surface area contributed by atoms with Crippen molar-refractivity contribution in [2.45, 2.75) is 31.7 Å². The van der Waals surface area contributed by atoms with Gasteiger partial charge in [0.25, 0.3) is 0 Å². The molecule has 138 valence electrons. The molecule has 0 aliphatic carbocycles. The van der Waals surface area contributed by atoms with Gasteiger partial charge in [-0.05, 0) is 49.0 Å². The lowest BCUT2D eigenvalue weighted by Gasteiger charge is -2.37. The van der Waals surface area contributed by atoms with Crippen molar-refractivity contribution in [1.29, 1.82) is 5.26 Å². The monoisotopic (exact) mass is 357 g/mol. The first-order valence-electron chi connectivity index (χ1n) is 9.07. The Bertz CT molecular complexity index is 708. The maximum absolute atomic E-state index is 13.1. The lowest BCUT2D eigenvalue weighted by atomic mass is 9.94. The van der Waals surface area contributed by atoms with Crippen molar-refractivity contribution >= 4 is 11.6 Å². The van der Waals surface area contributed by atoms with Gasteiger partial charge in [0.2, 0.25) is 0 Å². The van der Waals surface area contributed by atoms with E-state index >= 15 is 0 Å². The maximum atomic E-state index is 13.1. The van der Waals surface area contributed by atoms with E-state index in [1.165, 1.54) is 12.1 Å². The summed E-state index contributed by atoms with van der Waals surface area (Å²) in [5.74, 6) is -0.312. The Morgan fingerprint density at radius 3 is 2.42 bits per heavy atom. The van der Waals surface area contributed by atoms with E-state index in [0.717, 1.165) is 24.0 Å². The Labute approximate surface area is 153 Å². The highest BCUT2D eigenvalue weighted by Gasteiger charge is 2.28. The number of carbonyl (C=O) groups excluding carboxylic acids is 1. The summed E-state index contributed by atoms with van der Waals surface area (Å²) in [5.41, 5.74) is 2.38. The summed E-state index contributed by atoms with van der Waals surface area (Å²) < 4.78 is 18.5. The van der Waals surface area contributed by atoms with E-state index in [9.17, 15) is 14.4 Å². The fourth-order valence-corrected chi connectivity index (χ4v) is 3.63. The summed E-state index contributed by atoms with van der Waals surface area (Å²) in [6.45, 7) is 2.62. The molecule has 0 atom stereocenters. The average Bonchev–Trinajstić information content (AvgIpc) is 2.70. The fourth-order valence-electron chi connectivity index (χ4n) is 3.63. The second kappa shape index (κ2) is 8.33. The largest absolute Gasteiger partial charge is 0.381 e. The van der Waals surface area contributed by atoms with Crippen molar-refractivity contribution in [3.05, 3.63) is 41.2 Å². The number of likely N-dealkylation sites (tertiary alicyclic amines) is 1. The Morgan fingerprint density at radius 1 is 1.23 bits per heavy atom. The average molecular weight is 357 g/mol. The molecule has 5 nitrogen and oxygen atoms in total. The Kier molecular flexibility index (Phi) is 5.89. The number of carbonyl (C=O) groups is 1. The van der Waals surface area contributed by atoms with E-state index in [4.69, 9.17) is 4.74 Å². The Morgan fingerprint density at radius 2 is 1.85 bits per heavy atom. The molecule has 1 aromatic rings. The van der Waals surface area contributed by atoms with Crippen LogP contribution in [0.5, 0.6) is 0 Å². The summed E-state index contributed by atoms with van der Waals surface area (Å²) in [7, 11) is 1.86. The smallest absolute Gasteiger partial charge is 0.320 e. The van der Waals surface area contributed by atoms with Crippen LogP contribution in [0.25, 0.3) is 5.57 Å². The molecule has 2 aliphatic heterocycles. The van der Waals surface area contributed by atoms with Gasteiger partial charge in [0.15, 0.2) is 0 Å². The predicted octanol–water partition coefficient (Wildman–Crippen LogP) is 3.43. The Balaban J connectivity index is 1.65. The number of hydrogen-bond acceptors (Lipinski definition) is 3. The number of rotatable bonds is 2. The molecule has 0 saturated carbocycles. The molecular weight excluding hydrogens is 333 g/mol. The van der Waals surface area contributed by atoms with Crippen molar-refractivity contribution in [1.82, 2.24) is 9.80 Å². The van der Waals surface area contributed by atoms with Crippen LogP contribution in [0.1, 0.15) is 31.2 Å². The lowest BCUT2D eigenvalue weighted by Crippen LogP contribution is -2.49. The van der Waals surface area contributed by atoms with E-state index in [1.54, 1.807) is 12.1 Å². The van der Waals surface area contributed by atoms with Crippen molar-refractivity contribution in [3.63, 3.8) is 0 Å². The molecular formula is C20H24FN3O2. The van der Waals surface area contributed by atoms with Gasteiger partial charge in [0.05, 0.1) is 11.6 Å². The molecule has 2 saturated heterocycles. The number of urea groups is 1. The number of benzene rings is 1. The number of amides is 2. The van der Waals surface area contributed by atoms with Crippen molar-refractivity contribution < 1.29 is 13.9 Å². The number of nitriles is 1. The first kappa shape index (κ1) is 18.4. The molecule has 0 aromatic heterocycles. The molecule has 6 heteroatoms. The third-order valence-corrected chi connectivity index (χ3v) is 5.28. The van der Waals surface area contributed by atoms with Gasteiger partial charge in [-0.3, -0.25) is 0 Å². The summed E-state index contributed by atoms with van der Waals surface area (Å²) >= 11 is 0. The highest BCUT2D eigenvalue weighted by atomic mass is 19.1. The highest BCUT2D eigenvalue weighted by Crippen LogP contribution is 2.27. The summed E-state index contributed by atoms with van der Waals surface area (Å²) in [4.78, 5) is 16.4. The molecule has 0 spiro atoms. The zero-order valence-corrected chi connectivity index (χ0v) is 15.1. The van der Waals surface area contributed by atoms with Gasteiger partial charge in [0, 0.05) is 39.4 Å². The first-order valence-corrected chi connectivity index (χ1v) is 9.07. The summed E-state index contributed by atoms with van der Waals surface area (Å²) in [5, 5.41) is 9.53. The van der Waals surface area contributed by atoms with Crippen molar-refractivity contribution in [2.75, 3.05) is 33.4 Å². The van der Waals surface area contributed by atoms with Gasteiger partial charge in [-0.15, -0.1) is 0 Å². The van der Waals surface area contributed by atoms with Crippen LogP contribution in [-0.4, -0.2) is 55.2 Å². The SMILES string of the molecule is CN(C(=O)N1CCC(=C(C#N)c2ccc(F)cc2)CC1)C1CCOCC1. The minimum atomic E-state index is -0.312. The minimum absolute atomic E-state index is 0.0521. The standard InChI is InChI=1S/C20H24FN3O2/c1-23(18-8-12-26-13-9-18)20(25)24-10-6-16(7-11-24)19(14-22)15-2-4-17(21)5-3-15/h2-5,18H,6-13H2,1H3. The van der Waals surface area contributed by atoms with E-state index in [0.29, 0.717) is 44.7 Å². The number of hydrogen-bond donors (Lipinski definition) is 0. The van der Waals surface area contributed by atoms with Crippen LogP contribution < -0.4 is 0 Å². The normalized spacial score (nSPS) is 18.3. The summed E-state index contributed by atoms with van der Waals surface area (Å²) in [6, 6.07) is 8.56. The van der Waals surface area contributed by atoms with E-state index in [-0.39, 0.29) is 17.9 Å². The molecule has 0 radical (unpaired) electrons.